The monoisotopic (exact) mass is 196 g/mol. The van der Waals surface area contributed by atoms with Crippen LogP contribution in [0.3, 0.4) is 0 Å². The maximum atomic E-state index is 11.2. The minimum Gasteiger partial charge on any atom is -0.502 e. The average molecular weight is 196 g/mol. The number of carbonyl (C=O) groups is 2. The minimum atomic E-state index is -0.834. The predicted octanol–water partition coefficient (Wildman–Crippen LogP) is 1.28. The molecule has 0 unspecified atom stereocenters. The average Bonchev–Trinajstić information content (AvgIpc) is 2.44. The molecule has 0 aromatic carbocycles. The van der Waals surface area contributed by atoms with Gasteiger partial charge in [-0.15, -0.1) is 0 Å². The maximum Gasteiger partial charge on any atom is 0.373 e. The standard InChI is InChI=1S/C10H12O4/c1-3-14-10(13)9(12)7-4-6(2)5-8(7)11/h5,12H,3-4H2,1-2H3/b9-7-. The third kappa shape index (κ3) is 2.02. The molecule has 4 heteroatoms. The van der Waals surface area contributed by atoms with Crippen molar-refractivity contribution in [2.45, 2.75) is 20.3 Å². The van der Waals surface area contributed by atoms with E-state index in [-0.39, 0.29) is 18.0 Å². The van der Waals surface area contributed by atoms with Crippen molar-refractivity contribution in [3.05, 3.63) is 23.0 Å². The Kier molecular flexibility index (Phi) is 3.06. The van der Waals surface area contributed by atoms with E-state index < -0.39 is 11.7 Å². The van der Waals surface area contributed by atoms with Gasteiger partial charge >= 0.3 is 5.97 Å². The molecule has 1 aliphatic rings. The highest BCUT2D eigenvalue weighted by Gasteiger charge is 2.24. The number of esters is 1. The van der Waals surface area contributed by atoms with Crippen molar-refractivity contribution in [1.29, 1.82) is 0 Å². The van der Waals surface area contributed by atoms with Crippen molar-refractivity contribution in [3.63, 3.8) is 0 Å². The molecule has 0 atom stereocenters. The largest absolute Gasteiger partial charge is 0.502 e. The van der Waals surface area contributed by atoms with E-state index in [1.807, 2.05) is 0 Å². The topological polar surface area (TPSA) is 63.6 Å². The summed E-state index contributed by atoms with van der Waals surface area (Å²) in [4.78, 5) is 22.3. The lowest BCUT2D eigenvalue weighted by Crippen LogP contribution is -2.11. The summed E-state index contributed by atoms with van der Waals surface area (Å²) in [5.74, 6) is -1.71. The molecule has 0 heterocycles. The van der Waals surface area contributed by atoms with Gasteiger partial charge in [0.2, 0.25) is 5.76 Å². The van der Waals surface area contributed by atoms with Gasteiger partial charge in [0, 0.05) is 6.42 Å². The Morgan fingerprint density at radius 3 is 2.71 bits per heavy atom. The zero-order valence-electron chi connectivity index (χ0n) is 8.16. The highest BCUT2D eigenvalue weighted by atomic mass is 16.5. The van der Waals surface area contributed by atoms with E-state index in [0.29, 0.717) is 6.42 Å². The number of rotatable bonds is 2. The number of ether oxygens (including phenoxy) is 1. The van der Waals surface area contributed by atoms with Crippen molar-refractivity contribution in [1.82, 2.24) is 0 Å². The zero-order chi connectivity index (χ0) is 10.7. The molecule has 0 amide bonds. The van der Waals surface area contributed by atoms with Crippen LogP contribution in [0.2, 0.25) is 0 Å². The number of allylic oxidation sites excluding steroid dienone is 3. The van der Waals surface area contributed by atoms with Crippen LogP contribution in [0.25, 0.3) is 0 Å². The summed E-state index contributed by atoms with van der Waals surface area (Å²) in [6.45, 7) is 3.58. The molecule has 0 fully saturated rings. The third-order valence-corrected chi connectivity index (χ3v) is 1.89. The van der Waals surface area contributed by atoms with Gasteiger partial charge in [0.05, 0.1) is 12.2 Å². The first kappa shape index (κ1) is 10.5. The molecule has 0 aliphatic heterocycles. The Morgan fingerprint density at radius 1 is 1.64 bits per heavy atom. The third-order valence-electron chi connectivity index (χ3n) is 1.89. The highest BCUT2D eigenvalue weighted by Crippen LogP contribution is 2.23. The van der Waals surface area contributed by atoms with E-state index in [1.54, 1.807) is 13.8 Å². The minimum absolute atomic E-state index is 0.126. The van der Waals surface area contributed by atoms with Gasteiger partial charge in [0.15, 0.2) is 5.78 Å². The lowest BCUT2D eigenvalue weighted by atomic mass is 10.1. The van der Waals surface area contributed by atoms with Crippen molar-refractivity contribution >= 4 is 11.8 Å². The van der Waals surface area contributed by atoms with Gasteiger partial charge in [0.1, 0.15) is 0 Å². The number of carbonyl (C=O) groups excluding carboxylic acids is 2. The summed E-state index contributed by atoms with van der Waals surface area (Å²) in [7, 11) is 0. The fraction of sp³-hybridized carbons (Fsp3) is 0.400. The smallest absolute Gasteiger partial charge is 0.373 e. The van der Waals surface area contributed by atoms with Gasteiger partial charge in [-0.05, 0) is 19.9 Å². The molecule has 14 heavy (non-hydrogen) atoms. The first-order valence-corrected chi connectivity index (χ1v) is 4.37. The molecule has 0 radical (unpaired) electrons. The molecular formula is C10H12O4. The van der Waals surface area contributed by atoms with E-state index in [1.165, 1.54) is 6.08 Å². The summed E-state index contributed by atoms with van der Waals surface area (Å²) in [5, 5.41) is 9.39. The van der Waals surface area contributed by atoms with Crippen molar-refractivity contribution in [2.75, 3.05) is 6.61 Å². The second kappa shape index (κ2) is 4.09. The number of hydrogen-bond donors (Lipinski definition) is 1. The SMILES string of the molecule is CCOC(=O)/C(O)=C1\CC(C)=CC1=O. The fourth-order valence-electron chi connectivity index (χ4n) is 1.25. The molecule has 0 saturated carbocycles. The fourth-order valence-corrected chi connectivity index (χ4v) is 1.25. The number of ketones is 1. The van der Waals surface area contributed by atoms with Gasteiger partial charge in [-0.1, -0.05) is 5.57 Å². The number of hydrogen-bond acceptors (Lipinski definition) is 4. The van der Waals surface area contributed by atoms with Gasteiger partial charge < -0.3 is 9.84 Å². The van der Waals surface area contributed by atoms with Crippen LogP contribution >= 0.6 is 0 Å². The molecule has 0 aromatic heterocycles. The molecule has 0 bridgehead atoms. The van der Waals surface area contributed by atoms with Crippen molar-refractivity contribution in [2.24, 2.45) is 0 Å². The van der Waals surface area contributed by atoms with E-state index >= 15 is 0 Å². The van der Waals surface area contributed by atoms with Crippen LogP contribution < -0.4 is 0 Å². The van der Waals surface area contributed by atoms with E-state index in [0.717, 1.165) is 5.57 Å². The van der Waals surface area contributed by atoms with Crippen LogP contribution in [0.5, 0.6) is 0 Å². The Morgan fingerprint density at radius 2 is 2.29 bits per heavy atom. The van der Waals surface area contributed by atoms with Crippen LogP contribution in [0.1, 0.15) is 20.3 Å². The van der Waals surface area contributed by atoms with Gasteiger partial charge in [-0.25, -0.2) is 4.79 Å². The van der Waals surface area contributed by atoms with Crippen LogP contribution in [0, 0.1) is 0 Å². The second-order valence-corrected chi connectivity index (χ2v) is 3.08. The summed E-state index contributed by atoms with van der Waals surface area (Å²) in [6, 6.07) is 0. The van der Waals surface area contributed by atoms with Crippen LogP contribution in [-0.4, -0.2) is 23.5 Å². The van der Waals surface area contributed by atoms with Gasteiger partial charge in [-0.2, -0.15) is 0 Å². The van der Waals surface area contributed by atoms with E-state index in [2.05, 4.69) is 4.74 Å². The van der Waals surface area contributed by atoms with Gasteiger partial charge in [-0.3, -0.25) is 4.79 Å². The first-order chi connectivity index (χ1) is 6.56. The van der Waals surface area contributed by atoms with E-state index in [4.69, 9.17) is 0 Å². The highest BCUT2D eigenvalue weighted by molar-refractivity contribution is 6.11. The molecular weight excluding hydrogens is 184 g/mol. The molecule has 4 nitrogen and oxygen atoms in total. The second-order valence-electron chi connectivity index (χ2n) is 3.08. The maximum absolute atomic E-state index is 11.2. The summed E-state index contributed by atoms with van der Waals surface area (Å²) < 4.78 is 4.58. The van der Waals surface area contributed by atoms with E-state index in [9.17, 15) is 14.7 Å². The molecule has 1 aliphatic carbocycles. The van der Waals surface area contributed by atoms with Crippen LogP contribution in [0.4, 0.5) is 0 Å². The van der Waals surface area contributed by atoms with Crippen molar-refractivity contribution in [3.8, 4) is 0 Å². The summed E-state index contributed by atoms with van der Waals surface area (Å²) >= 11 is 0. The molecule has 76 valence electrons. The molecule has 0 spiro atoms. The zero-order valence-corrected chi connectivity index (χ0v) is 8.16. The normalized spacial score (nSPS) is 19.3. The molecule has 1 rings (SSSR count). The Labute approximate surface area is 81.9 Å². The van der Waals surface area contributed by atoms with Crippen LogP contribution in [0.15, 0.2) is 23.0 Å². The number of aliphatic hydroxyl groups is 1. The first-order valence-electron chi connectivity index (χ1n) is 4.37. The summed E-state index contributed by atoms with van der Waals surface area (Å²) in [6.07, 6.45) is 1.73. The van der Waals surface area contributed by atoms with Crippen molar-refractivity contribution < 1.29 is 19.4 Å². The Balaban J connectivity index is 2.86. The van der Waals surface area contributed by atoms with Crippen LogP contribution in [-0.2, 0) is 14.3 Å². The molecule has 0 aromatic rings. The summed E-state index contributed by atoms with van der Waals surface area (Å²) in [5.41, 5.74) is 0.960. The molecule has 0 saturated heterocycles. The predicted molar refractivity (Wildman–Crippen MR) is 49.7 cm³/mol. The number of aliphatic hydroxyl groups excluding tert-OH is 1. The molecule has 1 N–H and O–H groups in total. The Hall–Kier alpha value is -1.58. The lowest BCUT2D eigenvalue weighted by molar-refractivity contribution is -0.141. The van der Waals surface area contributed by atoms with Gasteiger partial charge in [0.25, 0.3) is 0 Å². The Bertz CT molecular complexity index is 336. The lowest BCUT2D eigenvalue weighted by Gasteiger charge is -2.02. The quantitative estimate of drug-likeness (QED) is 0.410.